The highest BCUT2D eigenvalue weighted by Gasteiger charge is 2.30. The quantitative estimate of drug-likeness (QED) is 0.214. The molecule has 1 heterocycles. The number of nitrogens with two attached hydrogens (primary N) is 1. The molecular formula is C23H33N5O5S. The third-order valence-corrected chi connectivity index (χ3v) is 5.65. The van der Waals surface area contributed by atoms with Gasteiger partial charge in [-0.1, -0.05) is 32.0 Å². The zero-order chi connectivity index (χ0) is 25.4. The fourth-order valence-corrected chi connectivity index (χ4v) is 3.72. The van der Waals surface area contributed by atoms with Crippen LogP contribution in [0.15, 0.2) is 30.5 Å². The zero-order valence-electron chi connectivity index (χ0n) is 19.5. The molecule has 4 atom stereocenters. The Morgan fingerprint density at radius 2 is 1.56 bits per heavy atom. The molecule has 1 aromatic heterocycles. The molecule has 34 heavy (non-hydrogen) atoms. The molecule has 0 fully saturated rings. The van der Waals surface area contributed by atoms with E-state index in [-0.39, 0.29) is 24.5 Å². The molecule has 0 spiro atoms. The van der Waals surface area contributed by atoms with E-state index < -0.39 is 47.9 Å². The van der Waals surface area contributed by atoms with E-state index >= 15 is 0 Å². The van der Waals surface area contributed by atoms with Crippen LogP contribution in [0.3, 0.4) is 0 Å². The number of para-hydroxylation sites is 1. The topological polar surface area (TPSA) is 166 Å². The average molecular weight is 492 g/mol. The number of carboxylic acid groups (broad SMARTS) is 1. The van der Waals surface area contributed by atoms with Crippen LogP contribution in [-0.2, 0) is 25.6 Å². The van der Waals surface area contributed by atoms with Crippen molar-refractivity contribution < 1.29 is 24.3 Å². The molecular weight excluding hydrogens is 458 g/mol. The van der Waals surface area contributed by atoms with E-state index in [1.807, 2.05) is 38.1 Å². The Bertz CT molecular complexity index is 1020. The van der Waals surface area contributed by atoms with Crippen LogP contribution in [0.4, 0.5) is 0 Å². The van der Waals surface area contributed by atoms with Gasteiger partial charge < -0.3 is 31.8 Å². The summed E-state index contributed by atoms with van der Waals surface area (Å²) in [5.41, 5.74) is 7.15. The summed E-state index contributed by atoms with van der Waals surface area (Å²) in [6.45, 7) is 5.24. The Morgan fingerprint density at radius 3 is 2.15 bits per heavy atom. The van der Waals surface area contributed by atoms with E-state index in [4.69, 9.17) is 5.73 Å². The summed E-state index contributed by atoms with van der Waals surface area (Å²) < 4.78 is 0. The summed E-state index contributed by atoms with van der Waals surface area (Å²) in [5.74, 6) is -2.91. The number of aromatic nitrogens is 1. The highest BCUT2D eigenvalue weighted by atomic mass is 32.1. The second kappa shape index (κ2) is 12.4. The SMILES string of the molecule is CC(C)CC(NC(=O)C(CS)NC(=O)C(C)N)C(=O)NC(Cc1c[nH]c2ccccc12)C(=O)O. The minimum Gasteiger partial charge on any atom is -0.480 e. The monoisotopic (exact) mass is 491 g/mol. The number of nitrogens with one attached hydrogen (secondary N) is 4. The van der Waals surface area contributed by atoms with Crippen LogP contribution in [0.5, 0.6) is 0 Å². The van der Waals surface area contributed by atoms with E-state index in [0.29, 0.717) is 0 Å². The Kier molecular flexibility index (Phi) is 9.94. The number of H-pyrrole nitrogens is 1. The molecule has 0 aliphatic rings. The van der Waals surface area contributed by atoms with Crippen molar-refractivity contribution >= 4 is 47.2 Å². The van der Waals surface area contributed by atoms with Gasteiger partial charge in [0, 0.05) is 29.3 Å². The number of carbonyl (C=O) groups is 4. The predicted molar refractivity (Wildman–Crippen MR) is 132 cm³/mol. The molecule has 4 unspecified atom stereocenters. The van der Waals surface area contributed by atoms with E-state index in [2.05, 4.69) is 33.6 Å². The Labute approximate surface area is 203 Å². The normalized spacial score (nSPS) is 14.8. The third kappa shape index (κ3) is 7.49. The van der Waals surface area contributed by atoms with Gasteiger partial charge in [0.05, 0.1) is 6.04 Å². The van der Waals surface area contributed by atoms with Gasteiger partial charge in [0.25, 0.3) is 0 Å². The first-order valence-electron chi connectivity index (χ1n) is 11.1. The summed E-state index contributed by atoms with van der Waals surface area (Å²) >= 11 is 4.11. The van der Waals surface area contributed by atoms with Gasteiger partial charge in [-0.3, -0.25) is 14.4 Å². The number of fused-ring (bicyclic) bond motifs is 1. The van der Waals surface area contributed by atoms with Crippen molar-refractivity contribution in [1.29, 1.82) is 0 Å². The first-order valence-corrected chi connectivity index (χ1v) is 11.7. The van der Waals surface area contributed by atoms with E-state index in [9.17, 15) is 24.3 Å². The van der Waals surface area contributed by atoms with Crippen LogP contribution in [0.2, 0.25) is 0 Å². The highest BCUT2D eigenvalue weighted by Crippen LogP contribution is 2.19. The summed E-state index contributed by atoms with van der Waals surface area (Å²) in [5, 5.41) is 18.3. The van der Waals surface area contributed by atoms with Crippen LogP contribution in [-0.4, -0.2) is 63.7 Å². The van der Waals surface area contributed by atoms with E-state index in [1.54, 1.807) is 6.20 Å². The number of hydrogen-bond donors (Lipinski definition) is 7. The zero-order valence-corrected chi connectivity index (χ0v) is 20.4. The van der Waals surface area contributed by atoms with E-state index in [0.717, 1.165) is 16.5 Å². The van der Waals surface area contributed by atoms with Crippen molar-refractivity contribution in [1.82, 2.24) is 20.9 Å². The summed E-state index contributed by atoms with van der Waals surface area (Å²) in [7, 11) is 0. The van der Waals surface area contributed by atoms with Crippen molar-refractivity contribution in [3.8, 4) is 0 Å². The van der Waals surface area contributed by atoms with Gasteiger partial charge in [0.2, 0.25) is 17.7 Å². The van der Waals surface area contributed by atoms with E-state index in [1.165, 1.54) is 6.92 Å². The largest absolute Gasteiger partial charge is 0.480 e. The Balaban J connectivity index is 2.14. The lowest BCUT2D eigenvalue weighted by Crippen LogP contribution is -2.57. The van der Waals surface area contributed by atoms with Gasteiger partial charge in [-0.05, 0) is 30.9 Å². The fourth-order valence-electron chi connectivity index (χ4n) is 3.47. The van der Waals surface area contributed by atoms with Crippen LogP contribution in [0.1, 0.15) is 32.8 Å². The lowest BCUT2D eigenvalue weighted by Gasteiger charge is -2.25. The predicted octanol–water partition coefficient (Wildman–Crippen LogP) is 0.573. The van der Waals surface area contributed by atoms with Gasteiger partial charge in [-0.2, -0.15) is 12.6 Å². The molecule has 11 heteroatoms. The second-order valence-electron chi connectivity index (χ2n) is 8.69. The minimum absolute atomic E-state index is 0.00136. The van der Waals surface area contributed by atoms with Crippen molar-refractivity contribution in [3.63, 3.8) is 0 Å². The molecule has 2 rings (SSSR count). The van der Waals surface area contributed by atoms with Crippen molar-refractivity contribution in [2.75, 3.05) is 5.75 Å². The van der Waals surface area contributed by atoms with Gasteiger partial charge in [0.1, 0.15) is 18.1 Å². The maximum absolute atomic E-state index is 13.0. The molecule has 0 saturated carbocycles. The smallest absolute Gasteiger partial charge is 0.326 e. The molecule has 0 bridgehead atoms. The molecule has 3 amide bonds. The van der Waals surface area contributed by atoms with Crippen molar-refractivity contribution in [2.45, 2.75) is 57.8 Å². The first-order chi connectivity index (χ1) is 16.0. The van der Waals surface area contributed by atoms with Gasteiger partial charge in [-0.25, -0.2) is 4.79 Å². The standard InChI is InChI=1S/C23H33N5O5S/c1-12(2)8-17(26-22(31)19(11-34)28-20(29)13(3)24)21(30)27-18(23(32)33)9-14-10-25-16-7-5-4-6-15(14)16/h4-7,10,12-13,17-19,25,34H,8-9,11,24H2,1-3H3,(H,26,31)(H,27,30)(H,28,29)(H,32,33). The van der Waals surface area contributed by atoms with Crippen LogP contribution in [0, 0.1) is 5.92 Å². The molecule has 0 aliphatic heterocycles. The molecule has 0 saturated heterocycles. The number of carboxylic acids is 1. The number of benzene rings is 1. The molecule has 7 N–H and O–H groups in total. The fraction of sp³-hybridized carbons (Fsp3) is 0.478. The first kappa shape index (κ1) is 27.2. The average Bonchev–Trinajstić information content (AvgIpc) is 3.18. The minimum atomic E-state index is -1.20. The molecule has 0 aliphatic carbocycles. The molecule has 186 valence electrons. The number of hydrogen-bond acceptors (Lipinski definition) is 6. The van der Waals surface area contributed by atoms with Crippen LogP contribution in [0.25, 0.3) is 10.9 Å². The van der Waals surface area contributed by atoms with Crippen LogP contribution >= 0.6 is 12.6 Å². The number of carbonyl (C=O) groups excluding carboxylic acids is 3. The maximum atomic E-state index is 13.0. The Hall–Kier alpha value is -3.05. The van der Waals surface area contributed by atoms with Gasteiger partial charge in [-0.15, -0.1) is 0 Å². The molecule has 1 aromatic carbocycles. The van der Waals surface area contributed by atoms with Gasteiger partial charge >= 0.3 is 5.97 Å². The number of aliphatic carboxylic acids is 1. The maximum Gasteiger partial charge on any atom is 0.326 e. The van der Waals surface area contributed by atoms with Gasteiger partial charge in [0.15, 0.2) is 0 Å². The lowest BCUT2D eigenvalue weighted by atomic mass is 10.0. The number of aromatic amines is 1. The number of thiol groups is 1. The molecule has 0 radical (unpaired) electrons. The summed E-state index contributed by atoms with van der Waals surface area (Å²) in [6, 6.07) is 3.47. The third-order valence-electron chi connectivity index (χ3n) is 5.28. The summed E-state index contributed by atoms with van der Waals surface area (Å²) in [6.07, 6.45) is 2.06. The highest BCUT2D eigenvalue weighted by molar-refractivity contribution is 7.80. The number of amides is 3. The number of rotatable bonds is 12. The lowest BCUT2D eigenvalue weighted by molar-refractivity contribution is -0.142. The van der Waals surface area contributed by atoms with Crippen molar-refractivity contribution in [2.24, 2.45) is 11.7 Å². The molecule has 2 aromatic rings. The van der Waals surface area contributed by atoms with Crippen LogP contribution < -0.4 is 21.7 Å². The molecule has 10 nitrogen and oxygen atoms in total. The Morgan fingerprint density at radius 1 is 0.971 bits per heavy atom. The summed E-state index contributed by atoms with van der Waals surface area (Å²) in [4.78, 5) is 52.7. The second-order valence-corrected chi connectivity index (χ2v) is 9.05. The van der Waals surface area contributed by atoms with Crippen molar-refractivity contribution in [3.05, 3.63) is 36.0 Å².